The molecule has 4 nitrogen and oxygen atoms in total. The van der Waals surface area contributed by atoms with Crippen LogP contribution in [-0.2, 0) is 4.74 Å². The first-order chi connectivity index (χ1) is 8.52. The maximum atomic E-state index is 5.83. The Labute approximate surface area is 113 Å². The molecule has 2 heterocycles. The normalized spacial score (nSPS) is 19.3. The molecule has 2 N–H and O–H groups in total. The highest BCUT2D eigenvalue weighted by molar-refractivity contribution is 7.80. The number of hydrogen-bond donors (Lipinski definition) is 1. The van der Waals surface area contributed by atoms with Crippen LogP contribution in [0.1, 0.15) is 23.2 Å². The van der Waals surface area contributed by atoms with Gasteiger partial charge in [0, 0.05) is 25.9 Å². The fourth-order valence-electron chi connectivity index (χ4n) is 2.46. The molecule has 1 unspecified atom stereocenters. The Hall–Kier alpha value is -1.20. The summed E-state index contributed by atoms with van der Waals surface area (Å²) >= 11 is 5.15. The number of hydrogen-bond acceptors (Lipinski definition) is 4. The molecule has 1 saturated heterocycles. The van der Waals surface area contributed by atoms with Gasteiger partial charge in [-0.15, -0.1) is 0 Å². The maximum Gasteiger partial charge on any atom is 0.139 e. The van der Waals surface area contributed by atoms with Gasteiger partial charge in [0.2, 0.25) is 0 Å². The van der Waals surface area contributed by atoms with Gasteiger partial charge in [0.25, 0.3) is 0 Å². The van der Waals surface area contributed by atoms with E-state index in [-0.39, 0.29) is 6.10 Å². The molecule has 1 atom stereocenters. The van der Waals surface area contributed by atoms with Gasteiger partial charge in [0.05, 0.1) is 11.7 Å². The van der Waals surface area contributed by atoms with Gasteiger partial charge in [0.15, 0.2) is 0 Å². The van der Waals surface area contributed by atoms with E-state index in [1.807, 2.05) is 19.9 Å². The van der Waals surface area contributed by atoms with Crippen molar-refractivity contribution < 1.29 is 4.74 Å². The standard InChI is InChI=1S/C13H19N3OS/c1-8-6-9(2)15-13(11(8)12(14)18)16-5-4-10(7-16)17-3/h6,10H,4-5,7H2,1-3H3,(H2,14,18). The molecule has 0 amide bonds. The lowest BCUT2D eigenvalue weighted by atomic mass is 10.1. The van der Waals surface area contributed by atoms with Gasteiger partial charge in [-0.1, -0.05) is 12.2 Å². The van der Waals surface area contributed by atoms with E-state index in [0.717, 1.165) is 42.1 Å². The summed E-state index contributed by atoms with van der Waals surface area (Å²) in [6.07, 6.45) is 1.29. The Balaban J connectivity index is 2.40. The van der Waals surface area contributed by atoms with E-state index < -0.39 is 0 Å². The minimum absolute atomic E-state index is 0.270. The van der Waals surface area contributed by atoms with Crippen LogP contribution in [0, 0.1) is 13.8 Å². The largest absolute Gasteiger partial charge is 0.389 e. The van der Waals surface area contributed by atoms with Crippen LogP contribution in [0.25, 0.3) is 0 Å². The van der Waals surface area contributed by atoms with Gasteiger partial charge in [-0.05, 0) is 31.9 Å². The van der Waals surface area contributed by atoms with Crippen molar-refractivity contribution in [2.24, 2.45) is 5.73 Å². The van der Waals surface area contributed by atoms with Gasteiger partial charge < -0.3 is 15.4 Å². The number of nitrogens with zero attached hydrogens (tertiary/aromatic N) is 2. The third-order valence-electron chi connectivity index (χ3n) is 3.35. The molecule has 1 aliphatic rings. The molecule has 98 valence electrons. The lowest BCUT2D eigenvalue weighted by Crippen LogP contribution is -2.27. The van der Waals surface area contributed by atoms with E-state index in [9.17, 15) is 0 Å². The first-order valence-corrected chi connectivity index (χ1v) is 6.49. The maximum absolute atomic E-state index is 5.83. The number of rotatable bonds is 3. The zero-order valence-corrected chi connectivity index (χ0v) is 11.9. The summed E-state index contributed by atoms with van der Waals surface area (Å²) in [5.74, 6) is 0.902. The van der Waals surface area contributed by atoms with Crippen molar-refractivity contribution in [1.29, 1.82) is 0 Å². The second-order valence-electron chi connectivity index (χ2n) is 4.74. The van der Waals surface area contributed by atoms with Gasteiger partial charge in [0.1, 0.15) is 10.8 Å². The second-order valence-corrected chi connectivity index (χ2v) is 5.18. The molecule has 0 aromatic carbocycles. The molecule has 0 spiro atoms. The van der Waals surface area contributed by atoms with Crippen molar-refractivity contribution in [3.63, 3.8) is 0 Å². The highest BCUT2D eigenvalue weighted by Crippen LogP contribution is 2.26. The van der Waals surface area contributed by atoms with Crippen molar-refractivity contribution in [2.45, 2.75) is 26.4 Å². The van der Waals surface area contributed by atoms with Gasteiger partial charge in [-0.25, -0.2) is 4.98 Å². The molecule has 0 bridgehead atoms. The fraction of sp³-hybridized carbons (Fsp3) is 0.538. The summed E-state index contributed by atoms with van der Waals surface area (Å²) in [6.45, 7) is 5.80. The minimum Gasteiger partial charge on any atom is -0.389 e. The summed E-state index contributed by atoms with van der Waals surface area (Å²) in [4.78, 5) is 7.23. The van der Waals surface area contributed by atoms with E-state index in [4.69, 9.17) is 22.7 Å². The zero-order valence-electron chi connectivity index (χ0n) is 11.1. The third kappa shape index (κ3) is 2.47. The number of pyridine rings is 1. The first-order valence-electron chi connectivity index (χ1n) is 6.08. The predicted octanol–water partition coefficient (Wildman–Crippen LogP) is 1.56. The number of aryl methyl sites for hydroxylation is 2. The van der Waals surface area contributed by atoms with Gasteiger partial charge in [-0.2, -0.15) is 0 Å². The molecular formula is C13H19N3OS. The molecule has 5 heteroatoms. The van der Waals surface area contributed by atoms with Crippen LogP contribution >= 0.6 is 12.2 Å². The third-order valence-corrected chi connectivity index (χ3v) is 3.55. The fourth-order valence-corrected chi connectivity index (χ4v) is 2.72. The van der Waals surface area contributed by atoms with E-state index in [2.05, 4.69) is 9.88 Å². The van der Waals surface area contributed by atoms with Crippen molar-refractivity contribution in [2.75, 3.05) is 25.1 Å². The smallest absolute Gasteiger partial charge is 0.139 e. The molecule has 0 radical (unpaired) electrons. The summed E-state index contributed by atoms with van der Waals surface area (Å²) in [5.41, 5.74) is 8.81. The summed E-state index contributed by atoms with van der Waals surface area (Å²) in [7, 11) is 1.75. The number of anilines is 1. The lowest BCUT2D eigenvalue weighted by Gasteiger charge is -2.22. The molecule has 2 rings (SSSR count). The molecule has 1 aromatic heterocycles. The zero-order chi connectivity index (χ0) is 13.3. The van der Waals surface area contributed by atoms with Crippen LogP contribution in [-0.4, -0.2) is 36.3 Å². The molecule has 18 heavy (non-hydrogen) atoms. The van der Waals surface area contributed by atoms with E-state index >= 15 is 0 Å². The van der Waals surface area contributed by atoms with E-state index in [1.165, 1.54) is 0 Å². The Kier molecular flexibility index (Phi) is 3.82. The molecule has 0 saturated carbocycles. The number of aromatic nitrogens is 1. The topological polar surface area (TPSA) is 51.4 Å². The average molecular weight is 265 g/mol. The second kappa shape index (κ2) is 5.20. The summed E-state index contributed by atoms with van der Waals surface area (Å²) in [5, 5.41) is 0. The Morgan fingerprint density at radius 2 is 2.28 bits per heavy atom. The number of thiocarbonyl (C=S) groups is 1. The SMILES string of the molecule is COC1CCN(c2nc(C)cc(C)c2C(N)=S)C1. The van der Waals surface area contributed by atoms with Crippen molar-refractivity contribution in [3.8, 4) is 0 Å². The number of nitrogens with two attached hydrogens (primary N) is 1. The van der Waals surface area contributed by atoms with Crippen LogP contribution in [0.15, 0.2) is 6.07 Å². The minimum atomic E-state index is 0.270. The summed E-state index contributed by atoms with van der Waals surface area (Å²) < 4.78 is 5.39. The monoisotopic (exact) mass is 265 g/mol. The van der Waals surface area contributed by atoms with Crippen LogP contribution < -0.4 is 10.6 Å². The highest BCUT2D eigenvalue weighted by Gasteiger charge is 2.26. The average Bonchev–Trinajstić information content (AvgIpc) is 2.75. The molecular weight excluding hydrogens is 246 g/mol. The summed E-state index contributed by atoms with van der Waals surface area (Å²) in [6, 6.07) is 2.02. The van der Waals surface area contributed by atoms with Crippen LogP contribution in [0.5, 0.6) is 0 Å². The van der Waals surface area contributed by atoms with E-state index in [0.29, 0.717) is 4.99 Å². The number of ether oxygens (including phenoxy) is 1. The van der Waals surface area contributed by atoms with Crippen LogP contribution in [0.4, 0.5) is 5.82 Å². The molecule has 1 fully saturated rings. The number of methoxy groups -OCH3 is 1. The van der Waals surface area contributed by atoms with Gasteiger partial charge >= 0.3 is 0 Å². The Morgan fingerprint density at radius 1 is 1.56 bits per heavy atom. The highest BCUT2D eigenvalue weighted by atomic mass is 32.1. The predicted molar refractivity (Wildman–Crippen MR) is 77.2 cm³/mol. The van der Waals surface area contributed by atoms with E-state index in [1.54, 1.807) is 7.11 Å². The van der Waals surface area contributed by atoms with Gasteiger partial charge in [-0.3, -0.25) is 0 Å². The van der Waals surface area contributed by atoms with Crippen LogP contribution in [0.3, 0.4) is 0 Å². The quantitative estimate of drug-likeness (QED) is 0.841. The molecule has 0 aliphatic carbocycles. The molecule has 1 aromatic rings. The Bertz CT molecular complexity index is 476. The molecule has 1 aliphatic heterocycles. The van der Waals surface area contributed by atoms with Crippen molar-refractivity contribution in [1.82, 2.24) is 4.98 Å². The Morgan fingerprint density at radius 3 is 2.83 bits per heavy atom. The van der Waals surface area contributed by atoms with Crippen LogP contribution in [0.2, 0.25) is 0 Å². The van der Waals surface area contributed by atoms with Crippen molar-refractivity contribution in [3.05, 3.63) is 22.9 Å². The first kappa shape index (κ1) is 13.2. The van der Waals surface area contributed by atoms with Crippen molar-refractivity contribution >= 4 is 23.0 Å². The lowest BCUT2D eigenvalue weighted by molar-refractivity contribution is 0.121.